The Balaban J connectivity index is 2.37. The minimum Gasteiger partial charge on any atom is -0.495 e. The van der Waals surface area contributed by atoms with Crippen LogP contribution in [0.25, 0.3) is 0 Å². The standard InChI is InChI=1S/C15H24N2O2/c1-4-19-15(9-5-6-10-15)14(16-2)13-12(18-3)8-7-11-17-13/h7-8,11,14,16H,4-6,9-10H2,1-3H3. The molecule has 0 radical (unpaired) electrons. The maximum absolute atomic E-state index is 6.14. The maximum Gasteiger partial charge on any atom is 0.142 e. The van der Waals surface area contributed by atoms with Gasteiger partial charge in [-0.15, -0.1) is 0 Å². The summed E-state index contributed by atoms with van der Waals surface area (Å²) in [6.45, 7) is 2.79. The molecule has 0 spiro atoms. The van der Waals surface area contributed by atoms with Crippen molar-refractivity contribution in [1.29, 1.82) is 0 Å². The Hall–Kier alpha value is -1.13. The molecule has 106 valence electrons. The SMILES string of the molecule is CCOC1(C(NC)c2ncccc2OC)CCCC1. The molecule has 1 heterocycles. The van der Waals surface area contributed by atoms with Crippen molar-refractivity contribution in [3.63, 3.8) is 0 Å². The lowest BCUT2D eigenvalue weighted by Crippen LogP contribution is -2.43. The van der Waals surface area contributed by atoms with Crippen LogP contribution in [0.5, 0.6) is 5.75 Å². The summed E-state index contributed by atoms with van der Waals surface area (Å²) in [5.74, 6) is 0.827. The van der Waals surface area contributed by atoms with Gasteiger partial charge in [0, 0.05) is 12.8 Å². The van der Waals surface area contributed by atoms with E-state index in [0.717, 1.165) is 30.9 Å². The van der Waals surface area contributed by atoms with E-state index in [1.54, 1.807) is 7.11 Å². The Bertz CT molecular complexity index is 403. The van der Waals surface area contributed by atoms with E-state index in [1.165, 1.54) is 12.8 Å². The third-order valence-corrected chi connectivity index (χ3v) is 3.99. The second-order valence-corrected chi connectivity index (χ2v) is 5.02. The van der Waals surface area contributed by atoms with Crippen LogP contribution in [0.2, 0.25) is 0 Å². The van der Waals surface area contributed by atoms with Gasteiger partial charge in [-0.1, -0.05) is 12.8 Å². The van der Waals surface area contributed by atoms with Gasteiger partial charge in [-0.3, -0.25) is 4.98 Å². The largest absolute Gasteiger partial charge is 0.495 e. The van der Waals surface area contributed by atoms with E-state index >= 15 is 0 Å². The fraction of sp³-hybridized carbons (Fsp3) is 0.667. The van der Waals surface area contributed by atoms with Crippen molar-refractivity contribution in [2.75, 3.05) is 20.8 Å². The van der Waals surface area contributed by atoms with Crippen LogP contribution in [-0.2, 0) is 4.74 Å². The van der Waals surface area contributed by atoms with E-state index in [4.69, 9.17) is 9.47 Å². The summed E-state index contributed by atoms with van der Waals surface area (Å²) in [7, 11) is 3.66. The van der Waals surface area contributed by atoms with E-state index in [1.807, 2.05) is 25.4 Å². The van der Waals surface area contributed by atoms with Crippen LogP contribution in [0.3, 0.4) is 0 Å². The van der Waals surface area contributed by atoms with Gasteiger partial charge in [-0.25, -0.2) is 0 Å². The Morgan fingerprint density at radius 2 is 2.16 bits per heavy atom. The molecule has 1 unspecified atom stereocenters. The molecule has 1 saturated carbocycles. The molecule has 4 nitrogen and oxygen atoms in total. The first-order chi connectivity index (χ1) is 9.27. The number of nitrogens with one attached hydrogen (secondary N) is 1. The number of hydrogen-bond acceptors (Lipinski definition) is 4. The molecule has 1 aliphatic carbocycles. The van der Waals surface area contributed by atoms with Gasteiger partial charge < -0.3 is 14.8 Å². The molecule has 1 aliphatic rings. The molecular formula is C15H24N2O2. The predicted molar refractivity (Wildman–Crippen MR) is 75.4 cm³/mol. The lowest BCUT2D eigenvalue weighted by molar-refractivity contribution is -0.0624. The van der Waals surface area contributed by atoms with E-state index in [-0.39, 0.29) is 11.6 Å². The number of methoxy groups -OCH3 is 1. The van der Waals surface area contributed by atoms with E-state index in [2.05, 4.69) is 17.2 Å². The molecule has 1 fully saturated rings. The van der Waals surface area contributed by atoms with Crippen LogP contribution in [0.15, 0.2) is 18.3 Å². The number of ether oxygens (including phenoxy) is 2. The maximum atomic E-state index is 6.14. The summed E-state index contributed by atoms with van der Waals surface area (Å²) in [6, 6.07) is 3.93. The van der Waals surface area contributed by atoms with Crippen LogP contribution in [0, 0.1) is 0 Å². The zero-order valence-electron chi connectivity index (χ0n) is 12.1. The van der Waals surface area contributed by atoms with Crippen LogP contribution in [0.4, 0.5) is 0 Å². The summed E-state index contributed by atoms with van der Waals surface area (Å²) in [6.07, 6.45) is 6.40. The summed E-state index contributed by atoms with van der Waals surface area (Å²) in [5.41, 5.74) is 0.799. The fourth-order valence-electron chi connectivity index (χ4n) is 3.22. The third-order valence-electron chi connectivity index (χ3n) is 3.99. The summed E-state index contributed by atoms with van der Waals surface area (Å²) in [4.78, 5) is 4.53. The predicted octanol–water partition coefficient (Wildman–Crippen LogP) is 2.70. The highest BCUT2D eigenvalue weighted by Crippen LogP contribution is 2.44. The smallest absolute Gasteiger partial charge is 0.142 e. The number of nitrogens with zero attached hydrogens (tertiary/aromatic N) is 1. The second-order valence-electron chi connectivity index (χ2n) is 5.02. The first-order valence-electron chi connectivity index (χ1n) is 7.07. The molecular weight excluding hydrogens is 240 g/mol. The average molecular weight is 264 g/mol. The lowest BCUT2D eigenvalue weighted by atomic mass is 9.88. The van der Waals surface area contributed by atoms with Crippen molar-refractivity contribution in [2.45, 2.75) is 44.2 Å². The highest BCUT2D eigenvalue weighted by molar-refractivity contribution is 5.32. The van der Waals surface area contributed by atoms with Gasteiger partial charge in [0.1, 0.15) is 11.4 Å². The van der Waals surface area contributed by atoms with E-state index in [0.29, 0.717) is 0 Å². The quantitative estimate of drug-likeness (QED) is 0.858. The molecule has 0 amide bonds. The Kier molecular flexibility index (Phi) is 4.77. The van der Waals surface area contributed by atoms with Gasteiger partial charge in [0.15, 0.2) is 0 Å². The zero-order valence-corrected chi connectivity index (χ0v) is 12.1. The highest BCUT2D eigenvalue weighted by atomic mass is 16.5. The molecule has 1 aromatic heterocycles. The van der Waals surface area contributed by atoms with Crippen molar-refractivity contribution >= 4 is 0 Å². The van der Waals surface area contributed by atoms with Crippen LogP contribution >= 0.6 is 0 Å². The molecule has 0 aliphatic heterocycles. The second kappa shape index (κ2) is 6.35. The topological polar surface area (TPSA) is 43.4 Å². The number of aromatic nitrogens is 1. The van der Waals surface area contributed by atoms with Crippen molar-refractivity contribution < 1.29 is 9.47 Å². The molecule has 19 heavy (non-hydrogen) atoms. The van der Waals surface area contributed by atoms with E-state index in [9.17, 15) is 0 Å². The van der Waals surface area contributed by atoms with Crippen molar-refractivity contribution in [3.8, 4) is 5.75 Å². The van der Waals surface area contributed by atoms with Gasteiger partial charge in [0.25, 0.3) is 0 Å². The summed E-state index contributed by atoms with van der Waals surface area (Å²) in [5, 5.41) is 3.39. The Morgan fingerprint density at radius 1 is 1.42 bits per heavy atom. The van der Waals surface area contributed by atoms with Gasteiger partial charge in [-0.05, 0) is 38.9 Å². The van der Waals surface area contributed by atoms with Gasteiger partial charge in [-0.2, -0.15) is 0 Å². The number of likely N-dealkylation sites (N-methyl/N-ethyl adjacent to an activating group) is 1. The monoisotopic (exact) mass is 264 g/mol. The average Bonchev–Trinajstić information content (AvgIpc) is 2.90. The van der Waals surface area contributed by atoms with Crippen molar-refractivity contribution in [3.05, 3.63) is 24.0 Å². The van der Waals surface area contributed by atoms with E-state index < -0.39 is 0 Å². The van der Waals surface area contributed by atoms with Crippen LogP contribution < -0.4 is 10.1 Å². The summed E-state index contributed by atoms with van der Waals surface area (Å²) < 4.78 is 11.6. The molecule has 0 saturated heterocycles. The molecule has 1 atom stereocenters. The van der Waals surface area contributed by atoms with Crippen molar-refractivity contribution in [1.82, 2.24) is 10.3 Å². The van der Waals surface area contributed by atoms with Gasteiger partial charge >= 0.3 is 0 Å². The minimum absolute atomic E-state index is 0.0751. The molecule has 2 rings (SSSR count). The molecule has 0 bridgehead atoms. The minimum atomic E-state index is -0.148. The molecule has 1 N–H and O–H groups in total. The number of hydrogen-bond donors (Lipinski definition) is 1. The third kappa shape index (κ3) is 2.74. The molecule has 4 heteroatoms. The summed E-state index contributed by atoms with van der Waals surface area (Å²) >= 11 is 0. The Morgan fingerprint density at radius 3 is 2.74 bits per heavy atom. The van der Waals surface area contributed by atoms with Crippen molar-refractivity contribution in [2.24, 2.45) is 0 Å². The zero-order chi connectivity index (χ0) is 13.7. The molecule has 0 aromatic carbocycles. The number of rotatable bonds is 6. The number of pyridine rings is 1. The first kappa shape index (κ1) is 14.3. The highest BCUT2D eigenvalue weighted by Gasteiger charge is 2.44. The molecule has 1 aromatic rings. The van der Waals surface area contributed by atoms with Gasteiger partial charge in [0.2, 0.25) is 0 Å². The normalized spacial score (nSPS) is 19.3. The first-order valence-corrected chi connectivity index (χ1v) is 7.07. The lowest BCUT2D eigenvalue weighted by Gasteiger charge is -2.37. The van der Waals surface area contributed by atoms with Gasteiger partial charge in [0.05, 0.1) is 18.8 Å². The van der Waals surface area contributed by atoms with Crippen LogP contribution in [-0.4, -0.2) is 31.3 Å². The Labute approximate surface area is 115 Å². The fourth-order valence-corrected chi connectivity index (χ4v) is 3.22. The van der Waals surface area contributed by atoms with Crippen LogP contribution in [0.1, 0.15) is 44.3 Å².